The minimum atomic E-state index is -1.01. The van der Waals surface area contributed by atoms with Crippen molar-refractivity contribution in [1.29, 1.82) is 0 Å². The van der Waals surface area contributed by atoms with Crippen LogP contribution in [-0.4, -0.2) is 65.8 Å². The SMILES string of the molecule is CN1C(=O)OC[C@@H]2CCN(C(=O)Nc3ccc(C(=O)O)cc3)C[C@H]21. The molecule has 0 saturated carbocycles. The van der Waals surface area contributed by atoms with Crippen molar-refractivity contribution in [2.75, 3.05) is 32.1 Å². The molecule has 8 nitrogen and oxygen atoms in total. The zero-order valence-corrected chi connectivity index (χ0v) is 13.3. The van der Waals surface area contributed by atoms with Crippen molar-refractivity contribution >= 4 is 23.8 Å². The molecule has 0 spiro atoms. The zero-order chi connectivity index (χ0) is 17.3. The number of nitrogens with one attached hydrogen (secondary N) is 1. The van der Waals surface area contributed by atoms with Gasteiger partial charge in [0.15, 0.2) is 0 Å². The molecule has 128 valence electrons. The lowest BCUT2D eigenvalue weighted by Gasteiger charge is -2.44. The molecule has 2 atom stereocenters. The number of anilines is 1. The summed E-state index contributed by atoms with van der Waals surface area (Å²) in [5.41, 5.74) is 0.694. The number of fused-ring (bicyclic) bond motifs is 1. The van der Waals surface area contributed by atoms with E-state index in [9.17, 15) is 14.4 Å². The molecule has 0 radical (unpaired) electrons. The average molecular weight is 333 g/mol. The Morgan fingerprint density at radius 3 is 2.67 bits per heavy atom. The zero-order valence-electron chi connectivity index (χ0n) is 13.3. The fourth-order valence-electron chi connectivity index (χ4n) is 3.11. The maximum Gasteiger partial charge on any atom is 0.409 e. The van der Waals surface area contributed by atoms with E-state index in [4.69, 9.17) is 9.84 Å². The molecule has 3 amide bonds. The van der Waals surface area contributed by atoms with Gasteiger partial charge in [-0.3, -0.25) is 0 Å². The summed E-state index contributed by atoms with van der Waals surface area (Å²) < 4.78 is 5.10. The first-order valence-electron chi connectivity index (χ1n) is 7.74. The van der Waals surface area contributed by atoms with Crippen molar-refractivity contribution in [3.63, 3.8) is 0 Å². The number of amides is 3. The minimum absolute atomic E-state index is 0.0415. The summed E-state index contributed by atoms with van der Waals surface area (Å²) in [6, 6.07) is 5.68. The first-order valence-corrected chi connectivity index (χ1v) is 7.74. The number of carbonyl (C=O) groups is 3. The van der Waals surface area contributed by atoms with E-state index in [0.29, 0.717) is 25.4 Å². The van der Waals surface area contributed by atoms with Crippen LogP contribution in [0, 0.1) is 5.92 Å². The summed E-state index contributed by atoms with van der Waals surface area (Å²) in [6.07, 6.45) is 0.413. The first kappa shape index (κ1) is 16.1. The number of rotatable bonds is 2. The Labute approximate surface area is 139 Å². The van der Waals surface area contributed by atoms with Gasteiger partial charge in [0.1, 0.15) is 0 Å². The lowest BCUT2D eigenvalue weighted by molar-refractivity contribution is -0.00968. The third-order valence-electron chi connectivity index (χ3n) is 4.60. The third kappa shape index (κ3) is 3.12. The molecule has 2 aliphatic rings. The molecule has 0 aromatic heterocycles. The maximum absolute atomic E-state index is 12.4. The Bertz CT molecular complexity index is 660. The topological polar surface area (TPSA) is 99.2 Å². The molecule has 2 N–H and O–H groups in total. The van der Waals surface area contributed by atoms with E-state index in [0.717, 1.165) is 6.42 Å². The van der Waals surface area contributed by atoms with Crippen LogP contribution < -0.4 is 5.32 Å². The predicted octanol–water partition coefficient (Wildman–Crippen LogP) is 1.69. The second kappa shape index (κ2) is 6.38. The van der Waals surface area contributed by atoms with E-state index in [2.05, 4.69) is 5.32 Å². The van der Waals surface area contributed by atoms with Gasteiger partial charge >= 0.3 is 18.1 Å². The number of carbonyl (C=O) groups excluding carboxylic acids is 2. The van der Waals surface area contributed by atoms with Crippen molar-refractivity contribution in [1.82, 2.24) is 9.80 Å². The molecule has 0 bridgehead atoms. The van der Waals surface area contributed by atoms with E-state index < -0.39 is 5.97 Å². The lowest BCUT2D eigenvalue weighted by Crippen LogP contribution is -2.59. The first-order chi connectivity index (χ1) is 11.5. The van der Waals surface area contributed by atoms with Gasteiger partial charge in [-0.05, 0) is 30.7 Å². The quantitative estimate of drug-likeness (QED) is 0.858. The molecular weight excluding hydrogens is 314 g/mol. The van der Waals surface area contributed by atoms with Gasteiger partial charge in [-0.1, -0.05) is 0 Å². The van der Waals surface area contributed by atoms with Gasteiger partial charge in [0.2, 0.25) is 0 Å². The van der Waals surface area contributed by atoms with Crippen LogP contribution in [0.2, 0.25) is 0 Å². The Balaban J connectivity index is 1.63. The van der Waals surface area contributed by atoms with Crippen molar-refractivity contribution in [2.24, 2.45) is 5.92 Å². The number of likely N-dealkylation sites (tertiary alicyclic amines) is 1. The van der Waals surface area contributed by atoms with Crippen molar-refractivity contribution in [2.45, 2.75) is 12.5 Å². The number of urea groups is 1. The van der Waals surface area contributed by atoms with Gasteiger partial charge < -0.3 is 25.0 Å². The highest BCUT2D eigenvalue weighted by Crippen LogP contribution is 2.26. The maximum atomic E-state index is 12.4. The summed E-state index contributed by atoms with van der Waals surface area (Å²) >= 11 is 0. The molecule has 2 saturated heterocycles. The second-order valence-electron chi connectivity index (χ2n) is 6.06. The third-order valence-corrected chi connectivity index (χ3v) is 4.60. The predicted molar refractivity (Wildman–Crippen MR) is 85.0 cm³/mol. The largest absolute Gasteiger partial charge is 0.478 e. The highest BCUT2D eigenvalue weighted by Gasteiger charge is 2.40. The molecule has 0 unspecified atom stereocenters. The summed E-state index contributed by atoms with van der Waals surface area (Å²) in [6.45, 7) is 1.45. The van der Waals surface area contributed by atoms with Crippen LogP contribution in [-0.2, 0) is 4.74 Å². The van der Waals surface area contributed by atoms with Gasteiger partial charge in [0, 0.05) is 31.7 Å². The number of carboxylic acid groups (broad SMARTS) is 1. The highest BCUT2D eigenvalue weighted by molar-refractivity contribution is 5.91. The average Bonchev–Trinajstić information content (AvgIpc) is 2.58. The Morgan fingerprint density at radius 1 is 1.29 bits per heavy atom. The Morgan fingerprint density at radius 2 is 2.00 bits per heavy atom. The van der Waals surface area contributed by atoms with E-state index in [1.54, 1.807) is 29.0 Å². The standard InChI is InChI=1S/C16H19N3O5/c1-18-13-8-19(7-6-11(13)9-24-16(18)23)15(22)17-12-4-2-10(3-5-12)14(20)21/h2-5,11,13H,6-9H2,1H3,(H,17,22)(H,20,21)/t11-,13+/m0/s1. The number of benzene rings is 1. The van der Waals surface area contributed by atoms with Gasteiger partial charge in [0.05, 0.1) is 18.2 Å². The number of piperidine rings is 1. The van der Waals surface area contributed by atoms with E-state index in [-0.39, 0.29) is 29.6 Å². The van der Waals surface area contributed by atoms with Crippen LogP contribution in [0.4, 0.5) is 15.3 Å². The smallest absolute Gasteiger partial charge is 0.409 e. The van der Waals surface area contributed by atoms with Gasteiger partial charge in [0.25, 0.3) is 0 Å². The van der Waals surface area contributed by atoms with Crippen LogP contribution in [0.5, 0.6) is 0 Å². The number of ether oxygens (including phenoxy) is 1. The van der Waals surface area contributed by atoms with Gasteiger partial charge in [-0.2, -0.15) is 0 Å². The van der Waals surface area contributed by atoms with Crippen molar-refractivity contribution in [3.8, 4) is 0 Å². The van der Waals surface area contributed by atoms with E-state index in [1.165, 1.54) is 12.1 Å². The van der Waals surface area contributed by atoms with Gasteiger partial charge in [-0.15, -0.1) is 0 Å². The van der Waals surface area contributed by atoms with E-state index in [1.807, 2.05) is 0 Å². The second-order valence-corrected chi connectivity index (χ2v) is 6.06. The molecule has 1 aromatic rings. The fourth-order valence-corrected chi connectivity index (χ4v) is 3.11. The molecule has 0 aliphatic carbocycles. The van der Waals surface area contributed by atoms with Crippen LogP contribution >= 0.6 is 0 Å². The number of carboxylic acids is 1. The van der Waals surface area contributed by atoms with Crippen molar-refractivity contribution in [3.05, 3.63) is 29.8 Å². The number of aromatic carboxylic acids is 1. The summed E-state index contributed by atoms with van der Waals surface area (Å²) in [7, 11) is 1.69. The number of hydrogen-bond donors (Lipinski definition) is 2. The normalized spacial score (nSPS) is 23.3. The Kier molecular flexibility index (Phi) is 4.28. The molecule has 3 rings (SSSR count). The number of hydrogen-bond acceptors (Lipinski definition) is 4. The summed E-state index contributed by atoms with van der Waals surface area (Å²) in [4.78, 5) is 38.1. The fraction of sp³-hybridized carbons (Fsp3) is 0.438. The molecule has 24 heavy (non-hydrogen) atoms. The van der Waals surface area contributed by atoms with Crippen molar-refractivity contribution < 1.29 is 24.2 Å². The van der Waals surface area contributed by atoms with Crippen LogP contribution in [0.15, 0.2) is 24.3 Å². The van der Waals surface area contributed by atoms with Crippen LogP contribution in [0.3, 0.4) is 0 Å². The number of cyclic esters (lactones) is 1. The van der Waals surface area contributed by atoms with Crippen LogP contribution in [0.25, 0.3) is 0 Å². The molecule has 2 heterocycles. The Hall–Kier alpha value is -2.77. The van der Waals surface area contributed by atoms with Gasteiger partial charge in [-0.25, -0.2) is 14.4 Å². The lowest BCUT2D eigenvalue weighted by atomic mass is 9.90. The molecule has 2 aliphatic heterocycles. The molecule has 8 heteroatoms. The highest BCUT2D eigenvalue weighted by atomic mass is 16.6. The summed E-state index contributed by atoms with van der Waals surface area (Å²) in [5, 5.41) is 11.6. The van der Waals surface area contributed by atoms with E-state index >= 15 is 0 Å². The number of nitrogens with zero attached hydrogens (tertiary/aromatic N) is 2. The molecule has 1 aromatic carbocycles. The summed E-state index contributed by atoms with van der Waals surface area (Å²) in [5.74, 6) is -0.770. The molecule has 2 fully saturated rings. The number of likely N-dealkylation sites (N-methyl/N-ethyl adjacent to an activating group) is 1. The monoisotopic (exact) mass is 333 g/mol. The van der Waals surface area contributed by atoms with Crippen LogP contribution in [0.1, 0.15) is 16.8 Å². The molecular formula is C16H19N3O5. The minimum Gasteiger partial charge on any atom is -0.478 e.